The van der Waals surface area contributed by atoms with Crippen LogP contribution in [0.2, 0.25) is 0 Å². The molecule has 1 saturated carbocycles. The van der Waals surface area contributed by atoms with Crippen molar-refractivity contribution in [3.05, 3.63) is 60.1 Å². The zero-order chi connectivity index (χ0) is 23.1. The number of hydrogen-bond acceptors (Lipinski definition) is 7. The van der Waals surface area contributed by atoms with Crippen LogP contribution in [-0.2, 0) is 0 Å². The molecular formula is C23H21FN6O2S. The zero-order valence-corrected chi connectivity index (χ0v) is 18.6. The van der Waals surface area contributed by atoms with Gasteiger partial charge in [-0.25, -0.2) is 13.9 Å². The number of aromatic nitrogens is 5. The molecule has 4 aromatic rings. The highest BCUT2D eigenvalue weighted by Gasteiger charge is 2.30. The number of halogens is 1. The molecule has 0 saturated heterocycles. The van der Waals surface area contributed by atoms with Gasteiger partial charge in [0.15, 0.2) is 5.82 Å². The van der Waals surface area contributed by atoms with Crippen molar-refractivity contribution in [2.24, 2.45) is 0 Å². The predicted molar refractivity (Wildman–Crippen MR) is 119 cm³/mol. The van der Waals surface area contributed by atoms with Crippen molar-refractivity contribution in [1.29, 1.82) is 5.26 Å². The number of aliphatic hydroxyl groups is 2. The summed E-state index contributed by atoms with van der Waals surface area (Å²) in [4.78, 5) is 4.79. The number of aliphatic hydroxyl groups excluding tert-OH is 2. The lowest BCUT2D eigenvalue weighted by Crippen LogP contribution is -2.35. The number of fused-ring (bicyclic) bond motifs is 1. The van der Waals surface area contributed by atoms with Gasteiger partial charge in [0.2, 0.25) is 0 Å². The molecule has 8 nitrogen and oxygen atoms in total. The molecule has 0 spiro atoms. The fraction of sp³-hybridized carbons (Fsp3) is 0.304. The molecule has 1 unspecified atom stereocenters. The van der Waals surface area contributed by atoms with Crippen LogP contribution in [0.1, 0.15) is 36.6 Å². The minimum absolute atomic E-state index is 0.00719. The topological polar surface area (TPSA) is 112 Å². The molecular weight excluding hydrogens is 443 g/mol. The van der Waals surface area contributed by atoms with Gasteiger partial charge in [0.1, 0.15) is 11.1 Å². The van der Waals surface area contributed by atoms with E-state index in [-0.39, 0.29) is 11.1 Å². The van der Waals surface area contributed by atoms with Gasteiger partial charge in [-0.15, -0.1) is 0 Å². The Bertz CT molecular complexity index is 1380. The summed E-state index contributed by atoms with van der Waals surface area (Å²) in [5, 5.41) is 38.6. The van der Waals surface area contributed by atoms with Crippen LogP contribution in [0.25, 0.3) is 16.6 Å². The molecule has 1 fully saturated rings. The van der Waals surface area contributed by atoms with Crippen LogP contribution >= 0.6 is 11.8 Å². The number of nitriles is 1. The monoisotopic (exact) mass is 464 g/mol. The maximum atomic E-state index is 14.3. The van der Waals surface area contributed by atoms with Crippen LogP contribution < -0.4 is 0 Å². The Labute approximate surface area is 193 Å². The Hall–Kier alpha value is -3.26. The van der Waals surface area contributed by atoms with Crippen molar-refractivity contribution in [3.63, 3.8) is 0 Å². The summed E-state index contributed by atoms with van der Waals surface area (Å²) in [7, 11) is 0. The molecule has 0 amide bonds. The van der Waals surface area contributed by atoms with Crippen LogP contribution in [0.3, 0.4) is 0 Å². The molecule has 0 bridgehead atoms. The summed E-state index contributed by atoms with van der Waals surface area (Å²) in [6.07, 6.45) is 6.82. The van der Waals surface area contributed by atoms with Crippen molar-refractivity contribution in [2.45, 2.75) is 54.4 Å². The van der Waals surface area contributed by atoms with Crippen molar-refractivity contribution in [2.75, 3.05) is 0 Å². The molecule has 0 aromatic carbocycles. The molecule has 0 radical (unpaired) electrons. The highest BCUT2D eigenvalue weighted by molar-refractivity contribution is 7.99. The SMILES string of the molecule is Cc1c(-c2cc(Sc3ncccc3F)c3c(C#N)cnn3c2)cnn1C1CC[C@H](O)[C@H](O)C1. The molecule has 5 rings (SSSR count). The van der Waals surface area contributed by atoms with Gasteiger partial charge >= 0.3 is 0 Å². The average molecular weight is 465 g/mol. The molecule has 2 N–H and O–H groups in total. The lowest BCUT2D eigenvalue weighted by molar-refractivity contribution is -0.0247. The molecule has 1 aliphatic rings. The number of nitrogens with zero attached hydrogens (tertiary/aromatic N) is 6. The third kappa shape index (κ3) is 3.88. The highest BCUT2D eigenvalue weighted by atomic mass is 32.2. The van der Waals surface area contributed by atoms with Crippen LogP contribution in [0, 0.1) is 24.1 Å². The molecule has 168 valence electrons. The first kappa shape index (κ1) is 21.6. The molecule has 4 heterocycles. The van der Waals surface area contributed by atoms with Crippen LogP contribution in [0.5, 0.6) is 0 Å². The van der Waals surface area contributed by atoms with Gasteiger partial charge in [0, 0.05) is 34.1 Å². The number of pyridine rings is 2. The van der Waals surface area contributed by atoms with Crippen molar-refractivity contribution < 1.29 is 14.6 Å². The largest absolute Gasteiger partial charge is 0.390 e. The fourth-order valence-corrected chi connectivity index (χ4v) is 5.32. The van der Waals surface area contributed by atoms with Gasteiger partial charge in [-0.05, 0) is 44.4 Å². The minimum atomic E-state index is -0.767. The molecule has 10 heteroatoms. The molecule has 33 heavy (non-hydrogen) atoms. The second kappa shape index (κ2) is 8.59. The summed E-state index contributed by atoms with van der Waals surface area (Å²) >= 11 is 1.14. The van der Waals surface area contributed by atoms with Crippen LogP contribution in [-0.4, -0.2) is 46.8 Å². The van der Waals surface area contributed by atoms with E-state index in [1.807, 2.05) is 23.9 Å². The first-order valence-corrected chi connectivity index (χ1v) is 11.4. The van der Waals surface area contributed by atoms with Crippen molar-refractivity contribution in [1.82, 2.24) is 24.4 Å². The van der Waals surface area contributed by atoms with Gasteiger partial charge in [-0.2, -0.15) is 15.5 Å². The maximum Gasteiger partial charge on any atom is 0.155 e. The first-order valence-electron chi connectivity index (χ1n) is 10.6. The van der Waals surface area contributed by atoms with E-state index in [1.54, 1.807) is 10.7 Å². The van der Waals surface area contributed by atoms with Gasteiger partial charge in [0.05, 0.1) is 41.7 Å². The van der Waals surface area contributed by atoms with Gasteiger partial charge in [0.25, 0.3) is 0 Å². The smallest absolute Gasteiger partial charge is 0.155 e. The van der Waals surface area contributed by atoms with E-state index in [0.717, 1.165) is 35.0 Å². The Kier molecular flexibility index (Phi) is 5.62. The van der Waals surface area contributed by atoms with E-state index >= 15 is 0 Å². The second-order valence-electron chi connectivity index (χ2n) is 8.14. The predicted octanol–water partition coefficient (Wildman–Crippen LogP) is 3.51. The van der Waals surface area contributed by atoms with E-state index in [2.05, 4.69) is 21.3 Å². The normalized spacial score (nSPS) is 20.8. The second-order valence-corrected chi connectivity index (χ2v) is 9.17. The van der Waals surface area contributed by atoms with E-state index < -0.39 is 18.0 Å². The van der Waals surface area contributed by atoms with E-state index in [1.165, 1.54) is 24.5 Å². The lowest BCUT2D eigenvalue weighted by Gasteiger charge is -2.30. The van der Waals surface area contributed by atoms with E-state index in [9.17, 15) is 19.9 Å². The Morgan fingerprint density at radius 1 is 1.21 bits per heavy atom. The van der Waals surface area contributed by atoms with Gasteiger partial charge in [-0.1, -0.05) is 11.8 Å². The molecule has 3 atom stereocenters. The lowest BCUT2D eigenvalue weighted by atomic mass is 9.90. The van der Waals surface area contributed by atoms with Crippen LogP contribution in [0.15, 0.2) is 52.9 Å². The van der Waals surface area contributed by atoms with Gasteiger partial charge in [-0.3, -0.25) is 4.68 Å². The minimum Gasteiger partial charge on any atom is -0.390 e. The molecule has 0 aliphatic heterocycles. The summed E-state index contributed by atoms with van der Waals surface area (Å²) in [6, 6.07) is 6.91. The summed E-state index contributed by atoms with van der Waals surface area (Å²) in [5.74, 6) is -0.439. The van der Waals surface area contributed by atoms with E-state index in [4.69, 9.17) is 0 Å². The van der Waals surface area contributed by atoms with Crippen LogP contribution in [0.4, 0.5) is 4.39 Å². The quantitative estimate of drug-likeness (QED) is 0.475. The first-order chi connectivity index (χ1) is 16.0. The Morgan fingerprint density at radius 3 is 2.82 bits per heavy atom. The summed E-state index contributed by atoms with van der Waals surface area (Å²) in [6.45, 7) is 1.96. The maximum absolute atomic E-state index is 14.3. The average Bonchev–Trinajstić information content (AvgIpc) is 3.40. The third-order valence-corrected chi connectivity index (χ3v) is 7.11. The Balaban J connectivity index is 1.58. The Morgan fingerprint density at radius 2 is 2.06 bits per heavy atom. The number of hydrogen-bond donors (Lipinski definition) is 2. The van der Waals surface area contributed by atoms with Crippen molar-refractivity contribution in [3.8, 4) is 17.2 Å². The summed E-state index contributed by atoms with van der Waals surface area (Å²) < 4.78 is 17.8. The number of rotatable bonds is 4. The zero-order valence-electron chi connectivity index (χ0n) is 17.8. The van der Waals surface area contributed by atoms with Gasteiger partial charge < -0.3 is 10.2 Å². The van der Waals surface area contributed by atoms with Crippen molar-refractivity contribution >= 4 is 17.3 Å². The molecule has 1 aliphatic carbocycles. The molecule has 4 aromatic heterocycles. The third-order valence-electron chi connectivity index (χ3n) is 6.08. The highest BCUT2D eigenvalue weighted by Crippen LogP contribution is 2.37. The summed E-state index contributed by atoms with van der Waals surface area (Å²) in [5.41, 5.74) is 3.58. The standard InChI is InChI=1S/C23H21FN6O2S/c1-13-17(11-28-30(13)16-4-5-19(31)20(32)8-16)14-7-21(33-23-18(24)3-2-6-26-23)22-15(9-25)10-27-29(22)12-14/h2-3,6-7,10-12,16,19-20,31-32H,4-5,8H2,1H3/t16?,19-,20+/m0/s1. The fourth-order valence-electron chi connectivity index (χ4n) is 4.35. The van der Waals surface area contributed by atoms with E-state index in [0.29, 0.717) is 28.8 Å².